The number of hydrogen-bond donors (Lipinski definition) is 1. The van der Waals surface area contributed by atoms with E-state index in [1.54, 1.807) is 0 Å². The third-order valence-electron chi connectivity index (χ3n) is 3.84. The van der Waals surface area contributed by atoms with Crippen molar-refractivity contribution in [1.82, 2.24) is 0 Å². The number of nitro benzene ring substituents is 1. The standard InChI is InChI=1S/C14H18N2O4/c1-2-15(9-10-4-3-5-10)13-8-11(14(17)18)6-7-12(13)16(19)20/h6-8,10H,2-5,9H2,1H3,(H,17,18). The van der Waals surface area contributed by atoms with Crippen LogP contribution in [0.1, 0.15) is 36.5 Å². The summed E-state index contributed by atoms with van der Waals surface area (Å²) in [5.41, 5.74) is 0.457. The lowest BCUT2D eigenvalue weighted by Gasteiger charge is -2.32. The van der Waals surface area contributed by atoms with E-state index in [0.29, 0.717) is 18.2 Å². The SMILES string of the molecule is CCN(CC1CCC1)c1cc(C(=O)O)ccc1[N+](=O)[O-]. The smallest absolute Gasteiger partial charge is 0.335 e. The molecule has 0 amide bonds. The number of rotatable bonds is 6. The maximum absolute atomic E-state index is 11.1. The Hall–Kier alpha value is -2.11. The van der Waals surface area contributed by atoms with E-state index < -0.39 is 10.9 Å². The number of benzene rings is 1. The van der Waals surface area contributed by atoms with Gasteiger partial charge in [-0.1, -0.05) is 6.42 Å². The molecule has 1 aliphatic carbocycles. The molecule has 0 atom stereocenters. The topological polar surface area (TPSA) is 83.7 Å². The van der Waals surface area contributed by atoms with Crippen molar-refractivity contribution in [2.75, 3.05) is 18.0 Å². The van der Waals surface area contributed by atoms with Gasteiger partial charge in [0.15, 0.2) is 0 Å². The second-order valence-corrected chi connectivity index (χ2v) is 5.10. The first-order valence-electron chi connectivity index (χ1n) is 6.79. The van der Waals surface area contributed by atoms with Crippen LogP contribution in [0.2, 0.25) is 0 Å². The van der Waals surface area contributed by atoms with Gasteiger partial charge in [-0.3, -0.25) is 10.1 Å². The average Bonchev–Trinajstić information content (AvgIpc) is 2.37. The van der Waals surface area contributed by atoms with Gasteiger partial charge in [0, 0.05) is 19.2 Å². The number of carboxylic acid groups (broad SMARTS) is 1. The summed E-state index contributed by atoms with van der Waals surface area (Å²) in [4.78, 5) is 23.6. The van der Waals surface area contributed by atoms with Crippen LogP contribution in [-0.2, 0) is 0 Å². The third kappa shape index (κ3) is 2.89. The van der Waals surface area contributed by atoms with Crippen LogP contribution < -0.4 is 4.90 Å². The fraction of sp³-hybridized carbons (Fsp3) is 0.500. The van der Waals surface area contributed by atoms with E-state index in [-0.39, 0.29) is 11.3 Å². The van der Waals surface area contributed by atoms with E-state index in [1.807, 2.05) is 11.8 Å². The summed E-state index contributed by atoms with van der Waals surface area (Å²) in [5.74, 6) is -0.510. The summed E-state index contributed by atoms with van der Waals surface area (Å²) < 4.78 is 0. The molecular formula is C14H18N2O4. The van der Waals surface area contributed by atoms with Crippen molar-refractivity contribution < 1.29 is 14.8 Å². The number of anilines is 1. The maximum Gasteiger partial charge on any atom is 0.335 e. The molecule has 1 N–H and O–H groups in total. The van der Waals surface area contributed by atoms with Crippen molar-refractivity contribution in [2.45, 2.75) is 26.2 Å². The number of carboxylic acids is 1. The lowest BCUT2D eigenvalue weighted by Crippen LogP contribution is -2.33. The largest absolute Gasteiger partial charge is 0.478 e. The highest BCUT2D eigenvalue weighted by Gasteiger charge is 2.25. The molecule has 0 aromatic heterocycles. The zero-order valence-electron chi connectivity index (χ0n) is 11.4. The molecule has 1 fully saturated rings. The van der Waals surface area contributed by atoms with E-state index >= 15 is 0 Å². The Morgan fingerprint density at radius 1 is 1.50 bits per heavy atom. The Balaban J connectivity index is 2.35. The monoisotopic (exact) mass is 278 g/mol. The zero-order chi connectivity index (χ0) is 14.7. The molecule has 1 aromatic rings. The Morgan fingerprint density at radius 3 is 2.65 bits per heavy atom. The molecular weight excluding hydrogens is 260 g/mol. The van der Waals surface area contributed by atoms with Crippen molar-refractivity contribution in [2.24, 2.45) is 5.92 Å². The van der Waals surface area contributed by atoms with E-state index in [4.69, 9.17) is 5.11 Å². The van der Waals surface area contributed by atoms with Crippen LogP contribution in [0.4, 0.5) is 11.4 Å². The Labute approximate surface area is 117 Å². The molecule has 6 nitrogen and oxygen atoms in total. The fourth-order valence-corrected chi connectivity index (χ4v) is 2.45. The first-order chi connectivity index (χ1) is 9.52. The van der Waals surface area contributed by atoms with E-state index in [1.165, 1.54) is 24.6 Å². The summed E-state index contributed by atoms with van der Waals surface area (Å²) in [6, 6.07) is 3.96. The maximum atomic E-state index is 11.1. The van der Waals surface area contributed by atoms with Gasteiger partial charge in [0.2, 0.25) is 0 Å². The number of nitrogens with zero attached hydrogens (tertiary/aromatic N) is 2. The summed E-state index contributed by atoms with van der Waals surface area (Å²) in [7, 11) is 0. The zero-order valence-corrected chi connectivity index (χ0v) is 11.4. The molecule has 0 aliphatic heterocycles. The van der Waals surface area contributed by atoms with Crippen molar-refractivity contribution in [1.29, 1.82) is 0 Å². The predicted molar refractivity (Wildman–Crippen MR) is 75.3 cm³/mol. The number of carbonyl (C=O) groups is 1. The highest BCUT2D eigenvalue weighted by Crippen LogP contribution is 2.33. The van der Waals surface area contributed by atoms with Crippen molar-refractivity contribution in [3.8, 4) is 0 Å². The van der Waals surface area contributed by atoms with E-state index in [2.05, 4.69) is 0 Å². The second-order valence-electron chi connectivity index (χ2n) is 5.10. The van der Waals surface area contributed by atoms with Gasteiger partial charge in [-0.05, 0) is 37.8 Å². The molecule has 6 heteroatoms. The number of hydrogen-bond acceptors (Lipinski definition) is 4. The first-order valence-corrected chi connectivity index (χ1v) is 6.79. The average molecular weight is 278 g/mol. The van der Waals surface area contributed by atoms with Crippen LogP contribution in [0.25, 0.3) is 0 Å². The molecule has 1 aromatic carbocycles. The normalized spacial score (nSPS) is 14.7. The van der Waals surface area contributed by atoms with Crippen LogP contribution >= 0.6 is 0 Å². The molecule has 1 aliphatic rings. The Bertz CT molecular complexity index is 526. The van der Waals surface area contributed by atoms with Gasteiger partial charge in [-0.25, -0.2) is 4.79 Å². The van der Waals surface area contributed by atoms with Gasteiger partial charge in [0.1, 0.15) is 5.69 Å². The van der Waals surface area contributed by atoms with Crippen LogP contribution in [0, 0.1) is 16.0 Å². The van der Waals surface area contributed by atoms with Gasteiger partial charge in [0.05, 0.1) is 10.5 Å². The minimum absolute atomic E-state index is 0.0313. The molecule has 0 saturated heterocycles. The molecule has 0 radical (unpaired) electrons. The minimum Gasteiger partial charge on any atom is -0.478 e. The van der Waals surface area contributed by atoms with Gasteiger partial charge in [-0.2, -0.15) is 0 Å². The van der Waals surface area contributed by atoms with Gasteiger partial charge >= 0.3 is 5.97 Å². The molecule has 0 spiro atoms. The lowest BCUT2D eigenvalue weighted by molar-refractivity contribution is -0.384. The Kier molecular flexibility index (Phi) is 4.22. The third-order valence-corrected chi connectivity index (χ3v) is 3.84. The molecule has 108 valence electrons. The first kappa shape index (κ1) is 14.3. The number of aromatic carboxylic acids is 1. The summed E-state index contributed by atoms with van der Waals surface area (Å²) in [6.45, 7) is 3.30. The molecule has 0 bridgehead atoms. The van der Waals surface area contributed by atoms with Crippen molar-refractivity contribution >= 4 is 17.3 Å². The highest BCUT2D eigenvalue weighted by atomic mass is 16.6. The summed E-state index contributed by atoms with van der Waals surface area (Å²) in [6.07, 6.45) is 3.49. The van der Waals surface area contributed by atoms with Gasteiger partial charge < -0.3 is 10.0 Å². The number of nitro groups is 1. The molecule has 2 rings (SSSR count). The second kappa shape index (κ2) is 5.90. The Morgan fingerprint density at radius 2 is 2.20 bits per heavy atom. The quantitative estimate of drug-likeness (QED) is 0.639. The predicted octanol–water partition coefficient (Wildman–Crippen LogP) is 2.92. The van der Waals surface area contributed by atoms with E-state index in [0.717, 1.165) is 19.4 Å². The van der Waals surface area contributed by atoms with Crippen LogP contribution in [0.5, 0.6) is 0 Å². The van der Waals surface area contributed by atoms with Crippen LogP contribution in [0.15, 0.2) is 18.2 Å². The van der Waals surface area contributed by atoms with E-state index in [9.17, 15) is 14.9 Å². The van der Waals surface area contributed by atoms with Crippen molar-refractivity contribution in [3.63, 3.8) is 0 Å². The van der Waals surface area contributed by atoms with Gasteiger partial charge in [-0.15, -0.1) is 0 Å². The fourth-order valence-electron chi connectivity index (χ4n) is 2.45. The van der Waals surface area contributed by atoms with Crippen LogP contribution in [0.3, 0.4) is 0 Å². The molecule has 1 saturated carbocycles. The molecule has 20 heavy (non-hydrogen) atoms. The lowest BCUT2D eigenvalue weighted by atomic mass is 9.85. The van der Waals surface area contributed by atoms with Crippen molar-refractivity contribution in [3.05, 3.63) is 33.9 Å². The summed E-state index contributed by atoms with van der Waals surface area (Å²) >= 11 is 0. The van der Waals surface area contributed by atoms with Crippen LogP contribution in [-0.4, -0.2) is 29.1 Å². The van der Waals surface area contributed by atoms with Gasteiger partial charge in [0.25, 0.3) is 5.69 Å². The summed E-state index contributed by atoms with van der Waals surface area (Å²) in [5, 5.41) is 20.2. The molecule has 0 heterocycles. The minimum atomic E-state index is -1.07. The molecule has 0 unspecified atom stereocenters. The highest BCUT2D eigenvalue weighted by molar-refractivity contribution is 5.90.